The predicted octanol–water partition coefficient (Wildman–Crippen LogP) is 4.15. The topological polar surface area (TPSA) is 59.9 Å². The number of rotatable bonds is 7. The van der Waals surface area contributed by atoms with Crippen molar-refractivity contribution in [3.05, 3.63) is 90.2 Å². The Morgan fingerprint density at radius 2 is 1.52 bits per heavy atom. The zero-order valence-corrected chi connectivity index (χ0v) is 14.3. The third kappa shape index (κ3) is 5.97. The minimum atomic E-state index is -0.417. The van der Waals surface area contributed by atoms with Crippen molar-refractivity contribution in [1.29, 1.82) is 0 Å². The van der Waals surface area contributed by atoms with E-state index < -0.39 is 5.91 Å². The third-order valence-electron chi connectivity index (χ3n) is 3.45. The minimum Gasteiger partial charge on any atom is -0.484 e. The second-order valence-electron chi connectivity index (χ2n) is 5.52. The molecule has 0 aliphatic rings. The number of hydrazone groups is 1. The molecule has 1 amide bonds. The molecule has 0 bridgehead atoms. The number of benzene rings is 3. The number of para-hydroxylation sites is 1. The molecule has 0 aliphatic carbocycles. The number of nitrogens with one attached hydrogen (secondary N) is 1. The molecule has 0 aliphatic heterocycles. The molecule has 0 unspecified atom stereocenters. The van der Waals surface area contributed by atoms with Gasteiger partial charge in [0.2, 0.25) is 0 Å². The van der Waals surface area contributed by atoms with Gasteiger partial charge in [-0.25, -0.2) is 9.82 Å². The Hall–Kier alpha value is -3.67. The van der Waals surface area contributed by atoms with Crippen molar-refractivity contribution in [3.8, 4) is 17.2 Å². The summed E-state index contributed by atoms with van der Waals surface area (Å²) in [5, 5.41) is 3.88. The number of ether oxygens (including phenoxy) is 2. The number of halogens is 1. The van der Waals surface area contributed by atoms with Crippen LogP contribution in [0.2, 0.25) is 0 Å². The van der Waals surface area contributed by atoms with Crippen LogP contribution in [0.5, 0.6) is 17.2 Å². The maximum Gasteiger partial charge on any atom is 0.277 e. The third-order valence-corrected chi connectivity index (χ3v) is 3.45. The van der Waals surface area contributed by atoms with Crippen molar-refractivity contribution in [2.75, 3.05) is 6.61 Å². The zero-order valence-electron chi connectivity index (χ0n) is 14.3. The molecule has 3 aromatic carbocycles. The Kier molecular flexibility index (Phi) is 6.14. The number of hydrogen-bond donors (Lipinski definition) is 1. The van der Waals surface area contributed by atoms with Crippen LogP contribution in [0.25, 0.3) is 0 Å². The van der Waals surface area contributed by atoms with Crippen LogP contribution in [0.3, 0.4) is 0 Å². The van der Waals surface area contributed by atoms with Gasteiger partial charge < -0.3 is 9.47 Å². The molecule has 0 radical (unpaired) electrons. The first-order valence-electron chi connectivity index (χ1n) is 8.22. The van der Waals surface area contributed by atoms with E-state index in [2.05, 4.69) is 10.5 Å². The standard InChI is InChI=1S/C21H17FN2O3/c22-17-8-12-18(13-9-17)26-15-21(25)24-23-14-16-6-10-20(11-7-16)27-19-4-2-1-3-5-19/h1-14H,15H2,(H,24,25). The van der Waals surface area contributed by atoms with Crippen molar-refractivity contribution in [3.63, 3.8) is 0 Å². The quantitative estimate of drug-likeness (QED) is 0.506. The molecule has 0 saturated heterocycles. The van der Waals surface area contributed by atoms with Gasteiger partial charge in [-0.05, 0) is 66.2 Å². The van der Waals surface area contributed by atoms with Gasteiger partial charge in [-0.1, -0.05) is 18.2 Å². The second kappa shape index (κ2) is 9.15. The van der Waals surface area contributed by atoms with Gasteiger partial charge >= 0.3 is 0 Å². The lowest BCUT2D eigenvalue weighted by Gasteiger charge is -2.05. The predicted molar refractivity (Wildman–Crippen MR) is 101 cm³/mol. The Labute approximate surface area is 156 Å². The smallest absolute Gasteiger partial charge is 0.277 e. The number of carbonyl (C=O) groups excluding carboxylic acids is 1. The van der Waals surface area contributed by atoms with Crippen LogP contribution in [0, 0.1) is 5.82 Å². The zero-order chi connectivity index (χ0) is 18.9. The highest BCUT2D eigenvalue weighted by Crippen LogP contribution is 2.20. The average Bonchev–Trinajstić information content (AvgIpc) is 2.70. The first kappa shape index (κ1) is 18.1. The fourth-order valence-electron chi connectivity index (χ4n) is 2.14. The Morgan fingerprint density at radius 3 is 2.22 bits per heavy atom. The molecule has 27 heavy (non-hydrogen) atoms. The van der Waals surface area contributed by atoms with Crippen LogP contribution in [0.4, 0.5) is 4.39 Å². The monoisotopic (exact) mass is 364 g/mol. The van der Waals surface area contributed by atoms with Crippen LogP contribution >= 0.6 is 0 Å². The highest BCUT2D eigenvalue weighted by Gasteiger charge is 2.02. The fraction of sp³-hybridized carbons (Fsp3) is 0.0476. The molecule has 0 aromatic heterocycles. The normalized spacial score (nSPS) is 10.6. The van der Waals surface area contributed by atoms with Crippen LogP contribution in [-0.2, 0) is 4.79 Å². The summed E-state index contributed by atoms with van der Waals surface area (Å²) in [6.45, 7) is -0.215. The van der Waals surface area contributed by atoms with Gasteiger partial charge in [-0.3, -0.25) is 4.79 Å². The van der Waals surface area contributed by atoms with Gasteiger partial charge in [0.25, 0.3) is 5.91 Å². The molecule has 0 spiro atoms. The molecule has 0 fully saturated rings. The largest absolute Gasteiger partial charge is 0.484 e. The van der Waals surface area contributed by atoms with Crippen molar-refractivity contribution in [2.24, 2.45) is 5.10 Å². The van der Waals surface area contributed by atoms with E-state index in [0.717, 1.165) is 11.3 Å². The highest BCUT2D eigenvalue weighted by molar-refractivity contribution is 5.83. The van der Waals surface area contributed by atoms with Gasteiger partial charge in [0.05, 0.1) is 6.21 Å². The fourth-order valence-corrected chi connectivity index (χ4v) is 2.14. The molecule has 136 valence electrons. The van der Waals surface area contributed by atoms with E-state index >= 15 is 0 Å². The van der Waals surface area contributed by atoms with E-state index in [1.165, 1.54) is 30.5 Å². The maximum atomic E-state index is 12.8. The van der Waals surface area contributed by atoms with Crippen molar-refractivity contribution in [1.82, 2.24) is 5.43 Å². The number of carbonyl (C=O) groups is 1. The molecule has 5 nitrogen and oxygen atoms in total. The van der Waals surface area contributed by atoms with Gasteiger partial charge in [0.1, 0.15) is 23.1 Å². The molecular formula is C21H17FN2O3. The van der Waals surface area contributed by atoms with Gasteiger partial charge in [0.15, 0.2) is 6.61 Å². The van der Waals surface area contributed by atoms with E-state index in [4.69, 9.17) is 9.47 Å². The SMILES string of the molecule is O=C(COc1ccc(F)cc1)NN=Cc1ccc(Oc2ccccc2)cc1. The number of nitrogens with zero attached hydrogens (tertiary/aromatic N) is 1. The van der Waals surface area contributed by atoms with Crippen molar-refractivity contribution in [2.45, 2.75) is 0 Å². The summed E-state index contributed by atoms with van der Waals surface area (Å²) in [6.07, 6.45) is 1.52. The Balaban J connectivity index is 1.44. The Morgan fingerprint density at radius 1 is 0.889 bits per heavy atom. The van der Waals surface area contributed by atoms with Crippen LogP contribution in [0.1, 0.15) is 5.56 Å². The summed E-state index contributed by atoms with van der Waals surface area (Å²) in [6, 6.07) is 22.2. The molecule has 0 saturated carbocycles. The lowest BCUT2D eigenvalue weighted by molar-refractivity contribution is -0.123. The molecule has 3 rings (SSSR count). The summed E-state index contributed by atoms with van der Waals surface area (Å²) in [5.74, 6) is 1.09. The molecule has 0 atom stereocenters. The average molecular weight is 364 g/mol. The second-order valence-corrected chi connectivity index (χ2v) is 5.52. The van der Waals surface area contributed by atoms with Crippen LogP contribution < -0.4 is 14.9 Å². The highest BCUT2D eigenvalue weighted by atomic mass is 19.1. The lowest BCUT2D eigenvalue weighted by atomic mass is 10.2. The molecule has 3 aromatic rings. The first-order chi connectivity index (χ1) is 13.2. The maximum absolute atomic E-state index is 12.8. The van der Waals surface area contributed by atoms with Crippen LogP contribution in [-0.4, -0.2) is 18.7 Å². The van der Waals surface area contributed by atoms with Crippen molar-refractivity contribution >= 4 is 12.1 Å². The van der Waals surface area contributed by atoms with Crippen LogP contribution in [0.15, 0.2) is 84.0 Å². The number of hydrogen-bond acceptors (Lipinski definition) is 4. The molecular weight excluding hydrogens is 347 g/mol. The number of amides is 1. The summed E-state index contributed by atoms with van der Waals surface area (Å²) in [5.41, 5.74) is 3.17. The minimum absolute atomic E-state index is 0.215. The summed E-state index contributed by atoms with van der Waals surface area (Å²) in [7, 11) is 0. The van der Waals surface area contributed by atoms with Crippen molar-refractivity contribution < 1.29 is 18.7 Å². The van der Waals surface area contributed by atoms with E-state index in [1.54, 1.807) is 0 Å². The van der Waals surface area contributed by atoms with Gasteiger partial charge in [-0.2, -0.15) is 5.10 Å². The lowest BCUT2D eigenvalue weighted by Crippen LogP contribution is -2.24. The first-order valence-corrected chi connectivity index (χ1v) is 8.22. The summed E-state index contributed by atoms with van der Waals surface area (Å²) >= 11 is 0. The molecule has 6 heteroatoms. The van der Waals surface area contributed by atoms with E-state index in [-0.39, 0.29) is 12.4 Å². The Bertz CT molecular complexity index is 895. The summed E-state index contributed by atoms with van der Waals surface area (Å²) in [4.78, 5) is 11.7. The van der Waals surface area contributed by atoms with E-state index in [1.807, 2.05) is 54.6 Å². The van der Waals surface area contributed by atoms with E-state index in [0.29, 0.717) is 11.5 Å². The van der Waals surface area contributed by atoms with E-state index in [9.17, 15) is 9.18 Å². The summed E-state index contributed by atoms with van der Waals surface area (Å²) < 4.78 is 23.7. The molecule has 0 heterocycles. The molecule has 1 N–H and O–H groups in total. The van der Waals surface area contributed by atoms with Gasteiger partial charge in [0, 0.05) is 0 Å². The van der Waals surface area contributed by atoms with Gasteiger partial charge in [-0.15, -0.1) is 0 Å².